The Bertz CT molecular complexity index is 300. The molecule has 0 fully saturated rings. The summed E-state index contributed by atoms with van der Waals surface area (Å²) in [5.41, 5.74) is 9.55. The molecule has 3 N–H and O–H groups in total. The van der Waals surface area contributed by atoms with Crippen LogP contribution in [0.2, 0.25) is 0 Å². The van der Waals surface area contributed by atoms with Crippen molar-refractivity contribution in [2.24, 2.45) is 5.73 Å². The molecule has 1 aromatic carbocycles. The van der Waals surface area contributed by atoms with Gasteiger partial charge in [0.25, 0.3) is 0 Å². The van der Waals surface area contributed by atoms with Crippen molar-refractivity contribution >= 4 is 0 Å². The van der Waals surface area contributed by atoms with E-state index in [-0.39, 0.29) is 0 Å². The van der Waals surface area contributed by atoms with Crippen LogP contribution in [0.3, 0.4) is 0 Å². The molecule has 0 saturated heterocycles. The van der Waals surface area contributed by atoms with Crippen LogP contribution in [-0.2, 0) is 6.54 Å². The summed E-state index contributed by atoms with van der Waals surface area (Å²) >= 11 is 0. The Hall–Kier alpha value is -0.860. The molecule has 0 aromatic heterocycles. The normalized spacial score (nSPS) is 10.8. The predicted octanol–water partition coefficient (Wildman–Crippen LogP) is 2.91. The smallest absolute Gasteiger partial charge is 0.0205 e. The second kappa shape index (κ2) is 8.26. The molecule has 0 saturated carbocycles. The third kappa shape index (κ3) is 6.44. The Balaban J connectivity index is 2.13. The standard InChI is InChI=1S/C15H26N2/c1-13-9-14(2)11-15(10-13)12-17-8-6-4-3-5-7-16/h9-11,17H,3-8,12,16H2,1-2H3. The van der Waals surface area contributed by atoms with Crippen molar-refractivity contribution in [3.63, 3.8) is 0 Å². The van der Waals surface area contributed by atoms with Gasteiger partial charge in [-0.15, -0.1) is 0 Å². The van der Waals surface area contributed by atoms with Crippen LogP contribution in [0.1, 0.15) is 42.4 Å². The highest BCUT2D eigenvalue weighted by Gasteiger charge is 1.95. The Morgan fingerprint density at radius 3 is 2.24 bits per heavy atom. The quantitative estimate of drug-likeness (QED) is 0.679. The van der Waals surface area contributed by atoms with E-state index in [1.807, 2.05) is 0 Å². The van der Waals surface area contributed by atoms with E-state index >= 15 is 0 Å². The van der Waals surface area contributed by atoms with Gasteiger partial charge in [-0.1, -0.05) is 42.2 Å². The molecule has 0 amide bonds. The van der Waals surface area contributed by atoms with Gasteiger partial charge >= 0.3 is 0 Å². The molecule has 0 bridgehead atoms. The number of rotatable bonds is 8. The number of nitrogens with two attached hydrogens (primary N) is 1. The van der Waals surface area contributed by atoms with Crippen molar-refractivity contribution in [1.29, 1.82) is 0 Å². The second-order valence-electron chi connectivity index (χ2n) is 4.88. The minimum absolute atomic E-state index is 0.829. The van der Waals surface area contributed by atoms with E-state index in [9.17, 15) is 0 Å². The molecule has 0 heterocycles. The van der Waals surface area contributed by atoms with Crippen LogP contribution in [0.4, 0.5) is 0 Å². The first-order valence-corrected chi connectivity index (χ1v) is 6.70. The number of hydrogen-bond donors (Lipinski definition) is 2. The molecule has 96 valence electrons. The molecule has 0 unspecified atom stereocenters. The molecular weight excluding hydrogens is 208 g/mol. The van der Waals surface area contributed by atoms with Gasteiger partial charge in [0.15, 0.2) is 0 Å². The molecule has 0 aliphatic heterocycles. The van der Waals surface area contributed by atoms with Crippen LogP contribution in [0, 0.1) is 13.8 Å². The summed E-state index contributed by atoms with van der Waals surface area (Å²) in [6.07, 6.45) is 4.97. The number of hydrogen-bond acceptors (Lipinski definition) is 2. The first-order chi connectivity index (χ1) is 8.22. The molecule has 0 spiro atoms. The zero-order chi connectivity index (χ0) is 12.5. The van der Waals surface area contributed by atoms with Gasteiger partial charge in [0.1, 0.15) is 0 Å². The van der Waals surface area contributed by atoms with Crippen LogP contribution in [0.15, 0.2) is 18.2 Å². The van der Waals surface area contributed by atoms with Crippen molar-refractivity contribution in [2.75, 3.05) is 13.1 Å². The number of benzene rings is 1. The molecule has 0 atom stereocenters. The maximum absolute atomic E-state index is 5.46. The summed E-state index contributed by atoms with van der Waals surface area (Å²) in [5.74, 6) is 0. The largest absolute Gasteiger partial charge is 0.330 e. The summed E-state index contributed by atoms with van der Waals surface area (Å²) in [6, 6.07) is 6.74. The fourth-order valence-corrected chi connectivity index (χ4v) is 2.15. The average molecular weight is 234 g/mol. The molecule has 2 nitrogen and oxygen atoms in total. The number of unbranched alkanes of at least 4 members (excludes halogenated alkanes) is 3. The minimum Gasteiger partial charge on any atom is -0.330 e. The summed E-state index contributed by atoms with van der Waals surface area (Å²) in [4.78, 5) is 0. The van der Waals surface area contributed by atoms with Crippen molar-refractivity contribution in [3.8, 4) is 0 Å². The van der Waals surface area contributed by atoms with Crippen LogP contribution in [0.25, 0.3) is 0 Å². The van der Waals surface area contributed by atoms with E-state index in [1.165, 1.54) is 36.0 Å². The lowest BCUT2D eigenvalue weighted by Gasteiger charge is -2.07. The van der Waals surface area contributed by atoms with E-state index in [4.69, 9.17) is 5.73 Å². The number of aryl methyl sites for hydroxylation is 2. The topological polar surface area (TPSA) is 38.0 Å². The highest BCUT2D eigenvalue weighted by Crippen LogP contribution is 2.08. The van der Waals surface area contributed by atoms with Crippen LogP contribution < -0.4 is 11.1 Å². The molecule has 1 aromatic rings. The van der Waals surface area contributed by atoms with Gasteiger partial charge in [0, 0.05) is 6.54 Å². The Morgan fingerprint density at radius 2 is 1.59 bits per heavy atom. The predicted molar refractivity (Wildman–Crippen MR) is 75.1 cm³/mol. The van der Waals surface area contributed by atoms with Crippen LogP contribution in [-0.4, -0.2) is 13.1 Å². The highest BCUT2D eigenvalue weighted by atomic mass is 14.8. The molecule has 0 aliphatic carbocycles. The third-order valence-corrected chi connectivity index (χ3v) is 2.92. The van der Waals surface area contributed by atoms with Crippen LogP contribution in [0.5, 0.6) is 0 Å². The monoisotopic (exact) mass is 234 g/mol. The van der Waals surface area contributed by atoms with E-state index in [0.29, 0.717) is 0 Å². The van der Waals surface area contributed by atoms with Crippen LogP contribution >= 0.6 is 0 Å². The van der Waals surface area contributed by atoms with Gasteiger partial charge in [-0.3, -0.25) is 0 Å². The fraction of sp³-hybridized carbons (Fsp3) is 0.600. The number of nitrogens with one attached hydrogen (secondary N) is 1. The summed E-state index contributed by atoms with van der Waals surface area (Å²) < 4.78 is 0. The van der Waals surface area contributed by atoms with Crippen molar-refractivity contribution in [1.82, 2.24) is 5.32 Å². The Kier molecular flexibility index (Phi) is 6.90. The lowest BCUT2D eigenvalue weighted by Crippen LogP contribution is -2.14. The second-order valence-corrected chi connectivity index (χ2v) is 4.88. The molecule has 0 radical (unpaired) electrons. The van der Waals surface area contributed by atoms with Crippen molar-refractivity contribution < 1.29 is 0 Å². The van der Waals surface area contributed by atoms with Gasteiger partial charge in [-0.25, -0.2) is 0 Å². The lowest BCUT2D eigenvalue weighted by atomic mass is 10.1. The summed E-state index contributed by atoms with van der Waals surface area (Å²) in [5, 5.41) is 3.50. The van der Waals surface area contributed by atoms with Gasteiger partial charge in [-0.05, 0) is 45.3 Å². The zero-order valence-corrected chi connectivity index (χ0v) is 11.3. The first kappa shape index (κ1) is 14.2. The van der Waals surface area contributed by atoms with E-state index < -0.39 is 0 Å². The maximum atomic E-state index is 5.46. The highest BCUT2D eigenvalue weighted by molar-refractivity contribution is 5.28. The van der Waals surface area contributed by atoms with E-state index in [2.05, 4.69) is 37.4 Å². The Labute approximate surface area is 106 Å². The van der Waals surface area contributed by atoms with E-state index in [0.717, 1.165) is 26.1 Å². The minimum atomic E-state index is 0.829. The third-order valence-electron chi connectivity index (χ3n) is 2.92. The van der Waals surface area contributed by atoms with Crippen molar-refractivity contribution in [3.05, 3.63) is 34.9 Å². The van der Waals surface area contributed by atoms with Crippen molar-refractivity contribution in [2.45, 2.75) is 46.1 Å². The zero-order valence-electron chi connectivity index (χ0n) is 11.3. The SMILES string of the molecule is Cc1cc(C)cc(CNCCCCCCN)c1. The van der Waals surface area contributed by atoms with Gasteiger partial charge in [-0.2, -0.15) is 0 Å². The molecule has 2 heteroatoms. The summed E-state index contributed by atoms with van der Waals surface area (Å²) in [6.45, 7) is 7.24. The fourth-order valence-electron chi connectivity index (χ4n) is 2.15. The Morgan fingerprint density at radius 1 is 0.941 bits per heavy atom. The summed E-state index contributed by atoms with van der Waals surface area (Å²) in [7, 11) is 0. The lowest BCUT2D eigenvalue weighted by molar-refractivity contribution is 0.590. The first-order valence-electron chi connectivity index (χ1n) is 6.70. The molecule has 1 rings (SSSR count). The molecule has 17 heavy (non-hydrogen) atoms. The van der Waals surface area contributed by atoms with Gasteiger partial charge < -0.3 is 11.1 Å². The average Bonchev–Trinajstić information content (AvgIpc) is 2.26. The molecule has 0 aliphatic rings. The maximum Gasteiger partial charge on any atom is 0.0205 e. The van der Waals surface area contributed by atoms with E-state index in [1.54, 1.807) is 0 Å². The van der Waals surface area contributed by atoms with Gasteiger partial charge in [0.2, 0.25) is 0 Å². The molecular formula is C15H26N2. The van der Waals surface area contributed by atoms with Gasteiger partial charge in [0.05, 0.1) is 0 Å².